The van der Waals surface area contributed by atoms with E-state index >= 15 is 0 Å². The first-order valence-corrected chi connectivity index (χ1v) is 11.7. The van der Waals surface area contributed by atoms with Gasteiger partial charge >= 0.3 is 0 Å². The van der Waals surface area contributed by atoms with Gasteiger partial charge in [-0.05, 0) is 48.6 Å². The van der Waals surface area contributed by atoms with Crippen LogP contribution in [0.2, 0.25) is 10.0 Å². The van der Waals surface area contributed by atoms with E-state index in [0.717, 1.165) is 18.4 Å². The molecule has 2 aromatic rings. The van der Waals surface area contributed by atoms with Crippen LogP contribution in [0.5, 0.6) is 5.75 Å². The van der Waals surface area contributed by atoms with Crippen LogP contribution < -0.4 is 10.1 Å². The Balaban J connectivity index is 2.20. The van der Waals surface area contributed by atoms with E-state index in [0.29, 0.717) is 27.9 Å². The minimum atomic E-state index is -0.685. The van der Waals surface area contributed by atoms with E-state index in [-0.39, 0.29) is 30.9 Å². The molecule has 1 N–H and O–H groups in total. The minimum Gasteiger partial charge on any atom is -0.483 e. The lowest BCUT2D eigenvalue weighted by atomic mass is 10.0. The Morgan fingerprint density at radius 2 is 1.81 bits per heavy atom. The van der Waals surface area contributed by atoms with Crippen molar-refractivity contribution < 1.29 is 14.3 Å². The van der Waals surface area contributed by atoms with E-state index in [9.17, 15) is 9.59 Å². The molecule has 0 bridgehead atoms. The summed E-state index contributed by atoms with van der Waals surface area (Å²) in [4.78, 5) is 27.4. The van der Waals surface area contributed by atoms with Gasteiger partial charge in [-0.25, -0.2) is 0 Å². The number of para-hydroxylation sites is 1. The maximum atomic E-state index is 13.2. The molecule has 0 fully saturated rings. The summed E-state index contributed by atoms with van der Waals surface area (Å²) >= 11 is 12.3. The van der Waals surface area contributed by atoms with Crippen molar-refractivity contribution >= 4 is 35.0 Å². The number of nitrogens with one attached hydrogen (secondary N) is 1. The second kappa shape index (κ2) is 12.7. The van der Waals surface area contributed by atoms with Crippen LogP contribution in [-0.4, -0.2) is 35.9 Å². The van der Waals surface area contributed by atoms with E-state index in [2.05, 4.69) is 26.1 Å². The highest BCUT2D eigenvalue weighted by molar-refractivity contribution is 6.35. The van der Waals surface area contributed by atoms with Crippen molar-refractivity contribution in [2.45, 2.75) is 59.0 Å². The molecular formula is C25H32Cl2N2O3. The van der Waals surface area contributed by atoms with Crippen LogP contribution in [0.15, 0.2) is 42.5 Å². The summed E-state index contributed by atoms with van der Waals surface area (Å²) in [6.45, 7) is 8.48. The van der Waals surface area contributed by atoms with Gasteiger partial charge in [0.1, 0.15) is 11.8 Å². The summed E-state index contributed by atoms with van der Waals surface area (Å²) < 4.78 is 5.88. The summed E-state index contributed by atoms with van der Waals surface area (Å²) in [6, 6.07) is 12.1. The second-order valence-electron chi connectivity index (χ2n) is 8.06. The molecule has 5 nitrogen and oxygen atoms in total. The van der Waals surface area contributed by atoms with Crippen LogP contribution >= 0.6 is 23.2 Å². The third-order valence-corrected chi connectivity index (χ3v) is 5.83. The predicted molar refractivity (Wildman–Crippen MR) is 130 cm³/mol. The number of unbranched alkanes of at least 4 members (excludes halogenated alkanes) is 1. The van der Waals surface area contributed by atoms with Crippen LogP contribution in [0.25, 0.3) is 0 Å². The lowest BCUT2D eigenvalue weighted by Crippen LogP contribution is -2.49. The quantitative estimate of drug-likeness (QED) is 0.413. The van der Waals surface area contributed by atoms with Crippen LogP contribution in [-0.2, 0) is 16.1 Å². The van der Waals surface area contributed by atoms with Crippen molar-refractivity contribution in [2.75, 3.05) is 13.2 Å². The number of nitrogens with zero attached hydrogens (tertiary/aromatic N) is 1. The Kier molecular flexibility index (Phi) is 10.3. The number of hydrogen-bond donors (Lipinski definition) is 1. The summed E-state index contributed by atoms with van der Waals surface area (Å²) in [5.74, 6) is 0.418. The Labute approximate surface area is 201 Å². The van der Waals surface area contributed by atoms with Gasteiger partial charge in [0, 0.05) is 23.1 Å². The van der Waals surface area contributed by atoms with Crippen LogP contribution in [0, 0.1) is 0 Å². The Hall–Kier alpha value is -2.24. The standard InChI is InChI=1S/C25H32Cl2N2O3/c1-5-6-13-28-25(31)18(4)29(15-19-11-12-20(26)14-22(19)27)24(30)16-32-23-10-8-7-9-21(23)17(2)3/h7-12,14,17-18H,5-6,13,15-16H2,1-4H3,(H,28,31)/t18-/m0/s1. The number of benzene rings is 2. The fourth-order valence-corrected chi connectivity index (χ4v) is 3.73. The van der Waals surface area contributed by atoms with Gasteiger partial charge in [0.05, 0.1) is 0 Å². The average molecular weight is 479 g/mol. The third-order valence-electron chi connectivity index (χ3n) is 5.24. The molecule has 0 aromatic heterocycles. The molecular weight excluding hydrogens is 447 g/mol. The molecule has 2 rings (SSSR count). The number of amides is 2. The maximum absolute atomic E-state index is 13.2. The molecule has 174 valence electrons. The molecule has 0 radical (unpaired) electrons. The fourth-order valence-electron chi connectivity index (χ4n) is 3.26. The highest BCUT2D eigenvalue weighted by Crippen LogP contribution is 2.26. The van der Waals surface area contributed by atoms with E-state index in [1.165, 1.54) is 4.90 Å². The summed E-state index contributed by atoms with van der Waals surface area (Å²) in [5.41, 5.74) is 1.73. The first kappa shape index (κ1) is 26.0. The number of rotatable bonds is 11. The molecule has 7 heteroatoms. The van der Waals surface area contributed by atoms with E-state index in [4.69, 9.17) is 27.9 Å². The molecule has 0 saturated heterocycles. The van der Waals surface area contributed by atoms with Crippen molar-refractivity contribution in [3.05, 3.63) is 63.6 Å². The van der Waals surface area contributed by atoms with Crippen LogP contribution in [0.3, 0.4) is 0 Å². The van der Waals surface area contributed by atoms with Crippen molar-refractivity contribution in [1.82, 2.24) is 10.2 Å². The van der Waals surface area contributed by atoms with Crippen molar-refractivity contribution in [3.63, 3.8) is 0 Å². The van der Waals surface area contributed by atoms with Gasteiger partial charge in [-0.1, -0.05) is 74.7 Å². The first-order valence-electron chi connectivity index (χ1n) is 11.0. The first-order chi connectivity index (χ1) is 15.2. The molecule has 0 heterocycles. The maximum Gasteiger partial charge on any atom is 0.261 e. The zero-order chi connectivity index (χ0) is 23.7. The zero-order valence-electron chi connectivity index (χ0n) is 19.2. The topological polar surface area (TPSA) is 58.6 Å². The molecule has 0 unspecified atom stereocenters. The molecule has 32 heavy (non-hydrogen) atoms. The van der Waals surface area contributed by atoms with Gasteiger partial charge in [-0.2, -0.15) is 0 Å². The molecule has 0 saturated carbocycles. The predicted octanol–water partition coefficient (Wildman–Crippen LogP) is 5.83. The SMILES string of the molecule is CCCCNC(=O)[C@H](C)N(Cc1ccc(Cl)cc1Cl)C(=O)COc1ccccc1C(C)C. The smallest absolute Gasteiger partial charge is 0.261 e. The van der Waals surface area contributed by atoms with Gasteiger partial charge in [0.25, 0.3) is 5.91 Å². The van der Waals surface area contributed by atoms with E-state index < -0.39 is 6.04 Å². The highest BCUT2D eigenvalue weighted by atomic mass is 35.5. The molecule has 1 atom stereocenters. The number of carbonyl (C=O) groups is 2. The monoisotopic (exact) mass is 478 g/mol. The van der Waals surface area contributed by atoms with Crippen molar-refractivity contribution in [1.29, 1.82) is 0 Å². The van der Waals surface area contributed by atoms with Crippen LogP contribution in [0.4, 0.5) is 0 Å². The van der Waals surface area contributed by atoms with Gasteiger partial charge < -0.3 is 15.0 Å². The zero-order valence-corrected chi connectivity index (χ0v) is 20.7. The molecule has 2 aromatic carbocycles. The average Bonchev–Trinajstić information content (AvgIpc) is 2.76. The Bertz CT molecular complexity index is 918. The largest absolute Gasteiger partial charge is 0.483 e. The summed E-state index contributed by atoms with van der Waals surface area (Å²) in [5, 5.41) is 3.85. The normalized spacial score (nSPS) is 11.8. The van der Waals surface area contributed by atoms with E-state index in [1.807, 2.05) is 24.3 Å². The number of halogens is 2. The lowest BCUT2D eigenvalue weighted by Gasteiger charge is -2.29. The third kappa shape index (κ3) is 7.42. The van der Waals surface area contributed by atoms with Gasteiger partial charge in [0.2, 0.25) is 5.91 Å². The lowest BCUT2D eigenvalue weighted by molar-refractivity contribution is -0.142. The van der Waals surface area contributed by atoms with E-state index in [1.54, 1.807) is 25.1 Å². The van der Waals surface area contributed by atoms with Gasteiger partial charge in [-0.3, -0.25) is 9.59 Å². The fraction of sp³-hybridized carbons (Fsp3) is 0.440. The minimum absolute atomic E-state index is 0.173. The van der Waals surface area contributed by atoms with Crippen LogP contribution in [0.1, 0.15) is 57.6 Å². The van der Waals surface area contributed by atoms with Gasteiger partial charge in [-0.15, -0.1) is 0 Å². The molecule has 0 aliphatic heterocycles. The summed E-state index contributed by atoms with van der Waals surface area (Å²) in [6.07, 6.45) is 1.85. The molecule has 2 amide bonds. The second-order valence-corrected chi connectivity index (χ2v) is 8.90. The highest BCUT2D eigenvalue weighted by Gasteiger charge is 2.27. The molecule has 0 spiro atoms. The summed E-state index contributed by atoms with van der Waals surface area (Å²) in [7, 11) is 0. The number of ether oxygens (including phenoxy) is 1. The number of carbonyl (C=O) groups excluding carboxylic acids is 2. The van der Waals surface area contributed by atoms with Crippen molar-refractivity contribution in [2.24, 2.45) is 0 Å². The Morgan fingerprint density at radius 1 is 1.09 bits per heavy atom. The molecule has 0 aliphatic carbocycles. The number of hydrogen-bond acceptors (Lipinski definition) is 3. The van der Waals surface area contributed by atoms with Gasteiger partial charge in [0.15, 0.2) is 6.61 Å². The molecule has 0 aliphatic rings. The van der Waals surface area contributed by atoms with Crippen molar-refractivity contribution in [3.8, 4) is 5.75 Å². The Morgan fingerprint density at radius 3 is 2.47 bits per heavy atom.